The van der Waals surface area contributed by atoms with E-state index >= 15 is 0 Å². The predicted molar refractivity (Wildman–Crippen MR) is 76.4 cm³/mol. The van der Waals surface area contributed by atoms with Crippen molar-refractivity contribution in [3.8, 4) is 0 Å². The van der Waals surface area contributed by atoms with Gasteiger partial charge in [-0.1, -0.05) is 12.1 Å². The number of nitrogens with zero attached hydrogens (tertiary/aromatic N) is 1. The summed E-state index contributed by atoms with van der Waals surface area (Å²) in [7, 11) is 0. The molecule has 5 nitrogen and oxygen atoms in total. The van der Waals surface area contributed by atoms with Gasteiger partial charge in [-0.2, -0.15) is 0 Å². The van der Waals surface area contributed by atoms with E-state index in [1.165, 1.54) is 6.92 Å². The lowest BCUT2D eigenvalue weighted by Crippen LogP contribution is -2.38. The number of carbonyl (C=O) groups excluding carboxylic acids is 1. The third-order valence-corrected chi connectivity index (χ3v) is 3.54. The molecule has 1 amide bonds. The second-order valence-corrected chi connectivity index (χ2v) is 5.29. The molecule has 1 unspecified atom stereocenters. The van der Waals surface area contributed by atoms with Crippen molar-refractivity contribution >= 4 is 17.6 Å². The van der Waals surface area contributed by atoms with Crippen molar-refractivity contribution < 1.29 is 14.7 Å². The zero-order chi connectivity index (χ0) is 14.5. The van der Waals surface area contributed by atoms with E-state index in [1.807, 2.05) is 24.3 Å². The maximum absolute atomic E-state index is 11.0. The first-order valence-corrected chi connectivity index (χ1v) is 6.86. The van der Waals surface area contributed by atoms with Crippen molar-refractivity contribution in [1.29, 1.82) is 0 Å². The second-order valence-electron chi connectivity index (χ2n) is 5.29. The van der Waals surface area contributed by atoms with Crippen LogP contribution in [-0.2, 0) is 16.1 Å². The van der Waals surface area contributed by atoms with Crippen LogP contribution in [0.3, 0.4) is 0 Å². The molecule has 1 aliphatic heterocycles. The number of benzene rings is 1. The first kappa shape index (κ1) is 14.5. The van der Waals surface area contributed by atoms with E-state index in [1.54, 1.807) is 0 Å². The van der Waals surface area contributed by atoms with Crippen molar-refractivity contribution in [3.05, 3.63) is 29.8 Å². The minimum atomic E-state index is -0.698. The number of hydrogen-bond acceptors (Lipinski definition) is 3. The zero-order valence-electron chi connectivity index (χ0n) is 11.6. The highest BCUT2D eigenvalue weighted by Gasteiger charge is 2.25. The summed E-state index contributed by atoms with van der Waals surface area (Å²) in [6, 6.07) is 7.68. The lowest BCUT2D eigenvalue weighted by molar-refractivity contribution is -0.143. The summed E-state index contributed by atoms with van der Waals surface area (Å²) in [5.74, 6) is -1.03. The summed E-state index contributed by atoms with van der Waals surface area (Å²) in [6.07, 6.45) is 1.70. The molecule has 2 rings (SSSR count). The van der Waals surface area contributed by atoms with Crippen LogP contribution in [0.5, 0.6) is 0 Å². The molecule has 20 heavy (non-hydrogen) atoms. The number of nitrogens with one attached hydrogen (secondary N) is 1. The van der Waals surface area contributed by atoms with Crippen LogP contribution >= 0.6 is 0 Å². The fraction of sp³-hybridized carbons (Fsp3) is 0.467. The first-order chi connectivity index (χ1) is 9.54. The molecule has 1 aliphatic rings. The van der Waals surface area contributed by atoms with E-state index in [0.717, 1.165) is 37.2 Å². The molecule has 1 saturated heterocycles. The number of carboxylic acid groups (broad SMARTS) is 1. The Morgan fingerprint density at radius 1 is 1.35 bits per heavy atom. The average molecular weight is 276 g/mol. The summed E-state index contributed by atoms with van der Waals surface area (Å²) < 4.78 is 0. The van der Waals surface area contributed by atoms with Gasteiger partial charge in [0.25, 0.3) is 0 Å². The number of carboxylic acids is 1. The van der Waals surface area contributed by atoms with Crippen LogP contribution in [0.4, 0.5) is 5.69 Å². The number of piperidine rings is 1. The Labute approximate surface area is 118 Å². The van der Waals surface area contributed by atoms with Crippen LogP contribution in [0.15, 0.2) is 24.3 Å². The van der Waals surface area contributed by atoms with Gasteiger partial charge in [0.05, 0.1) is 5.92 Å². The van der Waals surface area contributed by atoms with Crippen LogP contribution in [0.25, 0.3) is 0 Å². The highest BCUT2D eigenvalue weighted by molar-refractivity contribution is 5.88. The summed E-state index contributed by atoms with van der Waals surface area (Å²) in [6.45, 7) is 3.79. The molecule has 1 atom stereocenters. The normalized spacial score (nSPS) is 19.6. The van der Waals surface area contributed by atoms with Gasteiger partial charge in [-0.05, 0) is 37.1 Å². The van der Waals surface area contributed by atoms with E-state index in [4.69, 9.17) is 5.11 Å². The highest BCUT2D eigenvalue weighted by atomic mass is 16.4. The Morgan fingerprint density at radius 3 is 2.65 bits per heavy atom. The Bertz CT molecular complexity index is 484. The molecule has 0 aliphatic carbocycles. The number of hydrogen-bond donors (Lipinski definition) is 2. The topological polar surface area (TPSA) is 69.6 Å². The molecule has 0 saturated carbocycles. The Kier molecular flexibility index (Phi) is 4.74. The van der Waals surface area contributed by atoms with Gasteiger partial charge in [0.2, 0.25) is 5.91 Å². The van der Waals surface area contributed by atoms with Crippen molar-refractivity contribution in [3.63, 3.8) is 0 Å². The number of rotatable bonds is 4. The quantitative estimate of drug-likeness (QED) is 0.881. The Hall–Kier alpha value is -1.88. The van der Waals surface area contributed by atoms with Gasteiger partial charge in [-0.15, -0.1) is 0 Å². The van der Waals surface area contributed by atoms with Crippen molar-refractivity contribution in [2.45, 2.75) is 26.3 Å². The van der Waals surface area contributed by atoms with Crippen LogP contribution in [0.2, 0.25) is 0 Å². The Balaban J connectivity index is 1.92. The van der Waals surface area contributed by atoms with Gasteiger partial charge >= 0.3 is 5.97 Å². The molecule has 2 N–H and O–H groups in total. The molecule has 108 valence electrons. The summed E-state index contributed by atoms with van der Waals surface area (Å²) in [4.78, 5) is 24.1. The third kappa shape index (κ3) is 4.06. The SMILES string of the molecule is CC(=O)Nc1ccc(CN2CCCC(C(=O)O)C2)cc1. The third-order valence-electron chi connectivity index (χ3n) is 3.54. The molecular weight excluding hydrogens is 256 g/mol. The standard InChI is InChI=1S/C15H20N2O3/c1-11(18)16-14-6-4-12(5-7-14)9-17-8-2-3-13(10-17)15(19)20/h4-7,13H,2-3,8-10H2,1H3,(H,16,18)(H,19,20). The average Bonchev–Trinajstić information content (AvgIpc) is 2.41. The molecule has 0 aromatic heterocycles. The number of likely N-dealkylation sites (tertiary alicyclic amines) is 1. The lowest BCUT2D eigenvalue weighted by atomic mass is 9.98. The van der Waals surface area contributed by atoms with Crippen LogP contribution in [0.1, 0.15) is 25.3 Å². The van der Waals surface area contributed by atoms with E-state index in [-0.39, 0.29) is 11.8 Å². The van der Waals surface area contributed by atoms with Crippen molar-refractivity contribution in [1.82, 2.24) is 4.90 Å². The summed E-state index contributed by atoms with van der Waals surface area (Å²) >= 11 is 0. The van der Waals surface area contributed by atoms with Crippen LogP contribution in [-0.4, -0.2) is 35.0 Å². The van der Waals surface area contributed by atoms with E-state index in [2.05, 4.69) is 10.2 Å². The molecule has 1 aromatic rings. The molecule has 0 radical (unpaired) electrons. The molecule has 0 spiro atoms. The van der Waals surface area contributed by atoms with Gasteiger partial charge < -0.3 is 10.4 Å². The van der Waals surface area contributed by atoms with E-state index in [0.29, 0.717) is 6.54 Å². The molecule has 0 bridgehead atoms. The van der Waals surface area contributed by atoms with Crippen LogP contribution in [0, 0.1) is 5.92 Å². The Morgan fingerprint density at radius 2 is 2.05 bits per heavy atom. The predicted octanol–water partition coefficient (Wildman–Crippen LogP) is 1.94. The van der Waals surface area contributed by atoms with Gasteiger partial charge in [0.15, 0.2) is 0 Å². The van der Waals surface area contributed by atoms with E-state index in [9.17, 15) is 9.59 Å². The van der Waals surface area contributed by atoms with Crippen molar-refractivity contribution in [2.75, 3.05) is 18.4 Å². The molecule has 5 heteroatoms. The molecule has 1 heterocycles. The largest absolute Gasteiger partial charge is 0.481 e. The summed E-state index contributed by atoms with van der Waals surface area (Å²) in [5, 5.41) is 11.8. The first-order valence-electron chi connectivity index (χ1n) is 6.86. The molecular formula is C15H20N2O3. The van der Waals surface area contributed by atoms with Gasteiger partial charge in [-0.25, -0.2) is 0 Å². The van der Waals surface area contributed by atoms with Crippen LogP contribution < -0.4 is 5.32 Å². The van der Waals surface area contributed by atoms with Crippen molar-refractivity contribution in [2.24, 2.45) is 5.92 Å². The van der Waals surface area contributed by atoms with E-state index < -0.39 is 5.97 Å². The van der Waals surface area contributed by atoms with Gasteiger partial charge in [0.1, 0.15) is 0 Å². The van der Waals surface area contributed by atoms with Gasteiger partial charge in [-0.3, -0.25) is 14.5 Å². The minimum Gasteiger partial charge on any atom is -0.481 e. The highest BCUT2D eigenvalue weighted by Crippen LogP contribution is 2.19. The monoisotopic (exact) mass is 276 g/mol. The summed E-state index contributed by atoms with van der Waals surface area (Å²) in [5.41, 5.74) is 1.91. The molecule has 1 aromatic carbocycles. The zero-order valence-corrected chi connectivity index (χ0v) is 11.6. The number of anilines is 1. The minimum absolute atomic E-state index is 0.0851. The van der Waals surface area contributed by atoms with Gasteiger partial charge in [0, 0.05) is 25.7 Å². The smallest absolute Gasteiger partial charge is 0.307 e. The maximum Gasteiger partial charge on any atom is 0.307 e. The number of carbonyl (C=O) groups is 2. The molecule has 1 fully saturated rings. The lowest BCUT2D eigenvalue weighted by Gasteiger charge is -2.30. The second kappa shape index (κ2) is 6.52. The fourth-order valence-corrected chi connectivity index (χ4v) is 2.56. The fourth-order valence-electron chi connectivity index (χ4n) is 2.56. The number of aliphatic carboxylic acids is 1. The maximum atomic E-state index is 11.0. The number of amides is 1.